The number of carbonyl (C=O) groups excluding carboxylic acids is 1. The first kappa shape index (κ1) is 13.2. The molecule has 0 bridgehead atoms. The van der Waals surface area contributed by atoms with Gasteiger partial charge >= 0.3 is 0 Å². The summed E-state index contributed by atoms with van der Waals surface area (Å²) in [5.41, 5.74) is 0. The number of carbonyl (C=O) groups is 1. The van der Waals surface area contributed by atoms with Gasteiger partial charge in [0, 0.05) is 7.05 Å². The predicted molar refractivity (Wildman–Crippen MR) is 63.9 cm³/mol. The quantitative estimate of drug-likeness (QED) is 0.736. The largest absolute Gasteiger partial charge is 0.358 e. The van der Waals surface area contributed by atoms with E-state index < -0.39 is 14.6 Å². The summed E-state index contributed by atoms with van der Waals surface area (Å²) in [4.78, 5) is 11.8. The number of allylic oxidation sites excluding steroid dienone is 2. The van der Waals surface area contributed by atoms with E-state index in [0.29, 0.717) is 19.3 Å². The smallest absolute Gasteiger partial charge is 0.241 e. The molecule has 4 nitrogen and oxygen atoms in total. The lowest BCUT2D eigenvalue weighted by molar-refractivity contribution is -0.122. The number of hydrogen-bond acceptors (Lipinski definition) is 3. The summed E-state index contributed by atoms with van der Waals surface area (Å²) < 4.78 is 23.2. The lowest BCUT2D eigenvalue weighted by atomic mass is 10.1. The first-order valence-corrected chi connectivity index (χ1v) is 7.25. The zero-order chi connectivity index (χ0) is 12.2. The summed E-state index contributed by atoms with van der Waals surface area (Å²) in [6.07, 6.45) is 5.59. The van der Waals surface area contributed by atoms with Gasteiger partial charge in [0.2, 0.25) is 5.91 Å². The molecule has 1 aliphatic rings. The van der Waals surface area contributed by atoms with Crippen molar-refractivity contribution in [3.05, 3.63) is 12.2 Å². The van der Waals surface area contributed by atoms with Crippen LogP contribution in [0.15, 0.2) is 12.2 Å². The molecule has 0 spiro atoms. The predicted octanol–water partition coefficient (Wildman–Crippen LogP) is 1.04. The second-order valence-corrected chi connectivity index (χ2v) is 6.54. The van der Waals surface area contributed by atoms with Crippen LogP contribution in [0.2, 0.25) is 0 Å². The maximum absolute atomic E-state index is 12.2. The summed E-state index contributed by atoms with van der Waals surface area (Å²) in [5.74, 6) is -0.285. The van der Waals surface area contributed by atoms with E-state index in [9.17, 15) is 13.2 Å². The van der Waals surface area contributed by atoms with Crippen molar-refractivity contribution in [2.45, 2.75) is 37.4 Å². The number of hydrogen-bond donors (Lipinski definition) is 1. The molecular weight excluding hydrogens is 226 g/mol. The van der Waals surface area contributed by atoms with Crippen molar-refractivity contribution < 1.29 is 13.2 Å². The van der Waals surface area contributed by atoms with Crippen LogP contribution in [0.1, 0.15) is 32.6 Å². The van der Waals surface area contributed by atoms with Crippen LogP contribution in [0.3, 0.4) is 0 Å². The number of unbranched alkanes of at least 4 members (excludes halogenated alkanes) is 1. The van der Waals surface area contributed by atoms with Crippen molar-refractivity contribution in [3.63, 3.8) is 0 Å². The first-order valence-electron chi connectivity index (χ1n) is 5.59. The molecule has 0 aliphatic heterocycles. The zero-order valence-electron chi connectivity index (χ0n) is 9.82. The SMILES string of the molecule is CCCCS(=O)(=O)C1(C(=O)NC)CC=CC1. The van der Waals surface area contributed by atoms with E-state index in [1.165, 1.54) is 7.05 Å². The number of sulfone groups is 1. The van der Waals surface area contributed by atoms with Crippen molar-refractivity contribution in [2.75, 3.05) is 12.8 Å². The Kier molecular flexibility index (Phi) is 4.13. The van der Waals surface area contributed by atoms with Gasteiger partial charge in [0.1, 0.15) is 0 Å². The Bertz CT molecular complexity index is 376. The topological polar surface area (TPSA) is 63.2 Å². The highest BCUT2D eigenvalue weighted by atomic mass is 32.2. The van der Waals surface area contributed by atoms with Gasteiger partial charge in [-0.1, -0.05) is 25.5 Å². The molecule has 5 heteroatoms. The van der Waals surface area contributed by atoms with Gasteiger partial charge in [0.05, 0.1) is 5.75 Å². The van der Waals surface area contributed by atoms with Crippen LogP contribution in [0.4, 0.5) is 0 Å². The Labute approximate surface area is 97.0 Å². The minimum absolute atomic E-state index is 0.0958. The molecule has 1 amide bonds. The van der Waals surface area contributed by atoms with E-state index in [4.69, 9.17) is 0 Å². The van der Waals surface area contributed by atoms with Gasteiger partial charge in [0.25, 0.3) is 0 Å². The van der Waals surface area contributed by atoms with Crippen LogP contribution in [-0.4, -0.2) is 31.9 Å². The molecule has 0 aromatic carbocycles. The molecule has 0 atom stereocenters. The van der Waals surface area contributed by atoms with Crippen molar-refractivity contribution in [2.24, 2.45) is 0 Å². The Balaban J connectivity index is 2.98. The highest BCUT2D eigenvalue weighted by molar-refractivity contribution is 7.93. The van der Waals surface area contributed by atoms with Crippen molar-refractivity contribution >= 4 is 15.7 Å². The molecule has 16 heavy (non-hydrogen) atoms. The van der Waals surface area contributed by atoms with Crippen LogP contribution in [-0.2, 0) is 14.6 Å². The summed E-state index contributed by atoms with van der Waals surface area (Å²) in [6.45, 7) is 1.94. The van der Waals surface area contributed by atoms with E-state index in [0.717, 1.165) is 6.42 Å². The van der Waals surface area contributed by atoms with Crippen LogP contribution < -0.4 is 5.32 Å². The summed E-state index contributed by atoms with van der Waals surface area (Å²) in [7, 11) is -1.89. The maximum atomic E-state index is 12.2. The molecular formula is C11H19NO3S. The van der Waals surface area contributed by atoms with Gasteiger partial charge in [-0.2, -0.15) is 0 Å². The van der Waals surface area contributed by atoms with Crippen molar-refractivity contribution in [1.29, 1.82) is 0 Å². The number of rotatable bonds is 5. The average Bonchev–Trinajstić information content (AvgIpc) is 2.76. The molecule has 0 unspecified atom stereocenters. The standard InChI is InChI=1S/C11H19NO3S/c1-3-4-9-16(14,15)11(10(13)12-2)7-5-6-8-11/h5-6H,3-4,7-9H2,1-2H3,(H,12,13). The number of amides is 1. The first-order chi connectivity index (χ1) is 7.50. The highest BCUT2D eigenvalue weighted by Crippen LogP contribution is 2.33. The van der Waals surface area contributed by atoms with Gasteiger partial charge in [0.15, 0.2) is 14.6 Å². The van der Waals surface area contributed by atoms with Gasteiger partial charge < -0.3 is 5.32 Å². The molecule has 0 heterocycles. The van der Waals surface area contributed by atoms with Crippen molar-refractivity contribution in [1.82, 2.24) is 5.32 Å². The Hall–Kier alpha value is -0.840. The molecule has 0 aromatic rings. The summed E-state index contributed by atoms with van der Waals surface area (Å²) in [5, 5.41) is 2.47. The van der Waals surface area contributed by atoms with Gasteiger partial charge in [-0.25, -0.2) is 8.42 Å². The Morgan fingerprint density at radius 3 is 2.38 bits per heavy atom. The fraction of sp³-hybridized carbons (Fsp3) is 0.727. The molecule has 92 valence electrons. The zero-order valence-corrected chi connectivity index (χ0v) is 10.6. The molecule has 1 aliphatic carbocycles. The molecule has 1 N–H and O–H groups in total. The second-order valence-electron chi connectivity index (χ2n) is 4.13. The van der Waals surface area contributed by atoms with Crippen LogP contribution in [0.25, 0.3) is 0 Å². The van der Waals surface area contributed by atoms with Gasteiger partial charge in [-0.3, -0.25) is 4.79 Å². The van der Waals surface area contributed by atoms with E-state index in [1.54, 1.807) is 12.2 Å². The van der Waals surface area contributed by atoms with E-state index in [-0.39, 0.29) is 11.7 Å². The number of nitrogens with one attached hydrogen (secondary N) is 1. The fourth-order valence-corrected chi connectivity index (χ4v) is 4.11. The minimum Gasteiger partial charge on any atom is -0.358 e. The third-order valence-electron chi connectivity index (χ3n) is 3.06. The van der Waals surface area contributed by atoms with Crippen LogP contribution >= 0.6 is 0 Å². The molecule has 1 rings (SSSR count). The van der Waals surface area contributed by atoms with E-state index in [2.05, 4.69) is 5.32 Å². The van der Waals surface area contributed by atoms with Crippen LogP contribution in [0.5, 0.6) is 0 Å². The lowest BCUT2D eigenvalue weighted by Crippen LogP contribution is -2.50. The normalized spacial score (nSPS) is 18.6. The Morgan fingerprint density at radius 2 is 1.94 bits per heavy atom. The minimum atomic E-state index is -3.37. The van der Waals surface area contributed by atoms with Gasteiger partial charge in [-0.15, -0.1) is 0 Å². The monoisotopic (exact) mass is 245 g/mol. The Morgan fingerprint density at radius 1 is 1.38 bits per heavy atom. The molecule has 0 fully saturated rings. The third kappa shape index (κ3) is 2.14. The molecule has 0 radical (unpaired) electrons. The summed E-state index contributed by atoms with van der Waals surface area (Å²) in [6, 6.07) is 0. The lowest BCUT2D eigenvalue weighted by Gasteiger charge is -2.26. The molecule has 0 saturated carbocycles. The maximum Gasteiger partial charge on any atom is 0.241 e. The van der Waals surface area contributed by atoms with E-state index in [1.807, 2.05) is 6.92 Å². The summed E-state index contributed by atoms with van der Waals surface area (Å²) >= 11 is 0. The molecule has 0 saturated heterocycles. The highest BCUT2D eigenvalue weighted by Gasteiger charge is 2.49. The third-order valence-corrected chi connectivity index (χ3v) is 5.60. The fourth-order valence-electron chi connectivity index (χ4n) is 1.97. The second kappa shape index (κ2) is 4.99. The van der Waals surface area contributed by atoms with Crippen LogP contribution in [0, 0.1) is 0 Å². The van der Waals surface area contributed by atoms with E-state index >= 15 is 0 Å². The van der Waals surface area contributed by atoms with Gasteiger partial charge in [-0.05, 0) is 19.3 Å². The van der Waals surface area contributed by atoms with Crippen molar-refractivity contribution in [3.8, 4) is 0 Å². The molecule has 0 aromatic heterocycles. The average molecular weight is 245 g/mol.